The average molecular weight is 256 g/mol. The van der Waals surface area contributed by atoms with Crippen molar-refractivity contribution in [3.05, 3.63) is 48.0 Å². The summed E-state index contributed by atoms with van der Waals surface area (Å²) in [5.41, 5.74) is 0.990. The highest BCUT2D eigenvalue weighted by Gasteiger charge is 2.23. The first-order valence-corrected chi connectivity index (χ1v) is 5.68. The zero-order chi connectivity index (χ0) is 12.3. The van der Waals surface area contributed by atoms with Gasteiger partial charge in [-0.15, -0.1) is 0 Å². The summed E-state index contributed by atoms with van der Waals surface area (Å²) < 4.78 is 24.9. The SMILES string of the molecule is FC(F)(Cl)CNCc1cccc2ccccc12. The first kappa shape index (κ1) is 12.3. The van der Waals surface area contributed by atoms with Gasteiger partial charge in [0.1, 0.15) is 0 Å². The van der Waals surface area contributed by atoms with Crippen LogP contribution in [-0.4, -0.2) is 11.9 Å². The summed E-state index contributed by atoms with van der Waals surface area (Å²) in [7, 11) is 0. The van der Waals surface area contributed by atoms with Gasteiger partial charge in [-0.1, -0.05) is 42.5 Å². The molecule has 0 unspecified atom stereocenters. The second-order valence-corrected chi connectivity index (χ2v) is 4.41. The third-order valence-corrected chi connectivity index (χ3v) is 2.65. The van der Waals surface area contributed by atoms with Gasteiger partial charge in [0.05, 0.1) is 6.54 Å². The Morgan fingerprint density at radius 1 is 1.06 bits per heavy atom. The molecule has 0 radical (unpaired) electrons. The van der Waals surface area contributed by atoms with Gasteiger partial charge in [0, 0.05) is 6.54 Å². The summed E-state index contributed by atoms with van der Waals surface area (Å²) in [6, 6.07) is 13.7. The fourth-order valence-electron chi connectivity index (χ4n) is 1.79. The van der Waals surface area contributed by atoms with Crippen LogP contribution in [0, 0.1) is 0 Å². The molecule has 90 valence electrons. The molecule has 4 heteroatoms. The molecule has 1 nitrogen and oxygen atoms in total. The largest absolute Gasteiger partial charge is 0.333 e. The van der Waals surface area contributed by atoms with Gasteiger partial charge in [-0.25, -0.2) is 0 Å². The molecule has 1 N–H and O–H groups in total. The molecule has 2 rings (SSSR count). The second kappa shape index (κ2) is 4.98. The molecule has 2 aromatic rings. The van der Waals surface area contributed by atoms with Gasteiger partial charge in [-0.3, -0.25) is 0 Å². The van der Waals surface area contributed by atoms with Gasteiger partial charge < -0.3 is 5.32 Å². The lowest BCUT2D eigenvalue weighted by Crippen LogP contribution is -2.27. The summed E-state index contributed by atoms with van der Waals surface area (Å²) in [6.45, 7) is -0.151. The maximum absolute atomic E-state index is 12.4. The predicted molar refractivity (Wildman–Crippen MR) is 66.5 cm³/mol. The third-order valence-electron chi connectivity index (χ3n) is 2.52. The molecular weight excluding hydrogens is 244 g/mol. The molecule has 0 fully saturated rings. The molecule has 0 aliphatic heterocycles. The van der Waals surface area contributed by atoms with Crippen molar-refractivity contribution in [1.82, 2.24) is 5.32 Å². The van der Waals surface area contributed by atoms with Gasteiger partial charge in [0.2, 0.25) is 0 Å². The second-order valence-electron chi connectivity index (χ2n) is 3.86. The maximum Gasteiger partial charge on any atom is 0.333 e. The van der Waals surface area contributed by atoms with Gasteiger partial charge in [-0.2, -0.15) is 8.78 Å². The van der Waals surface area contributed by atoms with E-state index in [1.54, 1.807) is 0 Å². The van der Waals surface area contributed by atoms with Crippen molar-refractivity contribution in [1.29, 1.82) is 0 Å². The number of rotatable bonds is 4. The van der Waals surface area contributed by atoms with E-state index in [0.717, 1.165) is 16.3 Å². The van der Waals surface area contributed by atoms with E-state index in [4.69, 9.17) is 11.6 Å². The number of alkyl halides is 3. The monoisotopic (exact) mass is 255 g/mol. The summed E-state index contributed by atoms with van der Waals surface area (Å²) in [4.78, 5) is 0. The van der Waals surface area contributed by atoms with Crippen LogP contribution in [0.25, 0.3) is 10.8 Å². The van der Waals surface area contributed by atoms with Crippen LogP contribution in [0.4, 0.5) is 8.78 Å². The number of hydrogen-bond donors (Lipinski definition) is 1. The van der Waals surface area contributed by atoms with Crippen LogP contribution in [0.5, 0.6) is 0 Å². The average Bonchev–Trinajstić information content (AvgIpc) is 2.28. The Kier molecular flexibility index (Phi) is 3.60. The number of nitrogens with one attached hydrogen (secondary N) is 1. The van der Waals surface area contributed by atoms with E-state index in [1.165, 1.54) is 0 Å². The van der Waals surface area contributed by atoms with Crippen molar-refractivity contribution in [2.24, 2.45) is 0 Å². The molecular formula is C13H12ClF2N. The van der Waals surface area contributed by atoms with Crippen LogP contribution < -0.4 is 5.32 Å². The van der Waals surface area contributed by atoms with Gasteiger partial charge >= 0.3 is 5.38 Å². The van der Waals surface area contributed by atoms with Crippen molar-refractivity contribution in [2.45, 2.75) is 11.9 Å². The standard InChI is InChI=1S/C13H12ClF2N/c14-13(15,16)9-17-8-11-6-3-5-10-4-1-2-7-12(10)11/h1-7,17H,8-9H2. The Morgan fingerprint density at radius 2 is 1.76 bits per heavy atom. The zero-order valence-electron chi connectivity index (χ0n) is 9.09. The molecule has 0 aliphatic rings. The zero-order valence-corrected chi connectivity index (χ0v) is 9.85. The van der Waals surface area contributed by atoms with Crippen LogP contribution >= 0.6 is 11.6 Å². The lowest BCUT2D eigenvalue weighted by Gasteiger charge is -2.11. The van der Waals surface area contributed by atoms with Gasteiger partial charge in [0.15, 0.2) is 0 Å². The molecule has 0 atom stereocenters. The lowest BCUT2D eigenvalue weighted by atomic mass is 10.0. The maximum atomic E-state index is 12.4. The molecule has 2 aromatic carbocycles. The highest BCUT2D eigenvalue weighted by molar-refractivity contribution is 6.21. The van der Waals surface area contributed by atoms with Crippen molar-refractivity contribution in [2.75, 3.05) is 6.54 Å². The summed E-state index contributed by atoms with van der Waals surface area (Å²) >= 11 is 4.82. The van der Waals surface area contributed by atoms with E-state index < -0.39 is 11.9 Å². The molecule has 0 aromatic heterocycles. The highest BCUT2D eigenvalue weighted by atomic mass is 35.5. The fourth-order valence-corrected chi connectivity index (χ4v) is 1.88. The summed E-state index contributed by atoms with van der Waals surface area (Å²) in [5, 5.41) is 1.63. The Balaban J connectivity index is 2.13. The van der Waals surface area contributed by atoms with Crippen molar-refractivity contribution < 1.29 is 8.78 Å². The fraction of sp³-hybridized carbons (Fsp3) is 0.231. The van der Waals surface area contributed by atoms with Crippen molar-refractivity contribution in [3.63, 3.8) is 0 Å². The highest BCUT2D eigenvalue weighted by Crippen LogP contribution is 2.20. The Hall–Kier alpha value is -1.19. The molecule has 0 aliphatic carbocycles. The minimum absolute atomic E-state index is 0.379. The lowest BCUT2D eigenvalue weighted by molar-refractivity contribution is 0.0950. The van der Waals surface area contributed by atoms with E-state index >= 15 is 0 Å². The molecule has 17 heavy (non-hydrogen) atoms. The van der Waals surface area contributed by atoms with Crippen molar-refractivity contribution >= 4 is 22.4 Å². The van der Waals surface area contributed by atoms with E-state index in [-0.39, 0.29) is 0 Å². The first-order valence-electron chi connectivity index (χ1n) is 5.30. The summed E-state index contributed by atoms with van der Waals surface area (Å²) in [6.07, 6.45) is 0. The minimum atomic E-state index is -3.19. The smallest absolute Gasteiger partial charge is 0.306 e. The molecule has 0 saturated carbocycles. The van der Waals surface area contributed by atoms with E-state index in [2.05, 4.69) is 5.32 Å². The Bertz CT molecular complexity index is 503. The van der Waals surface area contributed by atoms with Gasteiger partial charge in [0.25, 0.3) is 0 Å². The van der Waals surface area contributed by atoms with Crippen LogP contribution in [0.2, 0.25) is 0 Å². The number of halogens is 3. The van der Waals surface area contributed by atoms with Crippen LogP contribution in [-0.2, 0) is 6.54 Å². The number of benzene rings is 2. The Morgan fingerprint density at radius 3 is 2.53 bits per heavy atom. The van der Waals surface area contributed by atoms with E-state index in [9.17, 15) is 8.78 Å². The van der Waals surface area contributed by atoms with E-state index in [1.807, 2.05) is 42.5 Å². The quantitative estimate of drug-likeness (QED) is 0.821. The molecule has 0 spiro atoms. The van der Waals surface area contributed by atoms with Gasteiger partial charge in [-0.05, 0) is 27.9 Å². The minimum Gasteiger partial charge on any atom is -0.306 e. The number of hydrogen-bond acceptors (Lipinski definition) is 1. The van der Waals surface area contributed by atoms with Crippen molar-refractivity contribution in [3.8, 4) is 0 Å². The third kappa shape index (κ3) is 3.38. The first-order chi connectivity index (χ1) is 8.06. The number of fused-ring (bicyclic) bond motifs is 1. The molecule has 0 amide bonds. The normalized spacial score (nSPS) is 11.9. The molecule has 0 saturated heterocycles. The Labute approximate surface area is 103 Å². The van der Waals surface area contributed by atoms with Crippen LogP contribution in [0.15, 0.2) is 42.5 Å². The molecule has 0 heterocycles. The summed E-state index contributed by atoms with van der Waals surface area (Å²) in [5.74, 6) is 0. The predicted octanol–water partition coefficient (Wildman–Crippen LogP) is 3.76. The van der Waals surface area contributed by atoms with Crippen LogP contribution in [0.1, 0.15) is 5.56 Å². The van der Waals surface area contributed by atoms with Crippen LogP contribution in [0.3, 0.4) is 0 Å². The molecule has 0 bridgehead atoms. The topological polar surface area (TPSA) is 12.0 Å². The van der Waals surface area contributed by atoms with E-state index in [0.29, 0.717) is 6.54 Å².